The van der Waals surface area contributed by atoms with Crippen molar-refractivity contribution in [3.05, 3.63) is 125 Å². The minimum atomic E-state index is -4.94. The van der Waals surface area contributed by atoms with Crippen LogP contribution in [0.3, 0.4) is 0 Å². The number of carboxylic acid groups (broad SMARTS) is 1. The van der Waals surface area contributed by atoms with Crippen molar-refractivity contribution in [1.82, 2.24) is 34.7 Å². The van der Waals surface area contributed by atoms with E-state index in [0.717, 1.165) is 5.56 Å². The summed E-state index contributed by atoms with van der Waals surface area (Å²) in [5.74, 6) is 0.528. The quantitative estimate of drug-likeness (QED) is 0.0463. The van der Waals surface area contributed by atoms with Gasteiger partial charge in [-0.2, -0.15) is 9.10 Å². The molecule has 0 unspecified atom stereocenters. The van der Waals surface area contributed by atoms with Gasteiger partial charge in [0, 0.05) is 45.4 Å². The summed E-state index contributed by atoms with van der Waals surface area (Å²) in [5, 5.41) is 26.1. The van der Waals surface area contributed by atoms with Gasteiger partial charge in [-0.1, -0.05) is 74.2 Å². The number of sulfonamides is 1. The van der Waals surface area contributed by atoms with Gasteiger partial charge in [0.15, 0.2) is 9.84 Å². The molecule has 378 valence electrons. The number of aromatic nitrogens is 4. The number of anilines is 1. The van der Waals surface area contributed by atoms with E-state index < -0.39 is 55.3 Å². The molecule has 0 saturated carbocycles. The number of para-hydroxylation sites is 1. The second kappa shape index (κ2) is 22.1. The highest BCUT2D eigenvalue weighted by atomic mass is 32.2. The van der Waals surface area contributed by atoms with Crippen molar-refractivity contribution in [3.8, 4) is 39.8 Å². The molecule has 1 heterocycles. The summed E-state index contributed by atoms with van der Waals surface area (Å²) in [6.45, 7) is 10.9. The number of tetrazole rings is 1. The van der Waals surface area contributed by atoms with Gasteiger partial charge in [-0.15, -0.1) is 10.2 Å². The van der Waals surface area contributed by atoms with Crippen LogP contribution in [-0.4, -0.2) is 117 Å². The van der Waals surface area contributed by atoms with Gasteiger partial charge < -0.3 is 35.3 Å². The lowest BCUT2D eigenvalue weighted by Gasteiger charge is -2.33. The van der Waals surface area contributed by atoms with Gasteiger partial charge in [-0.25, -0.2) is 21.6 Å². The van der Waals surface area contributed by atoms with Crippen molar-refractivity contribution >= 4 is 45.6 Å². The maximum Gasteiger partial charge on any atom is 0.407 e. The van der Waals surface area contributed by atoms with Crippen LogP contribution in [0.1, 0.15) is 47.8 Å². The van der Waals surface area contributed by atoms with Crippen molar-refractivity contribution in [3.63, 3.8) is 0 Å². The topological polar surface area (TPSA) is 238 Å². The molecule has 0 saturated heterocycles. The summed E-state index contributed by atoms with van der Waals surface area (Å²) >= 11 is 0. The molecule has 18 nitrogen and oxygen atoms in total. The highest BCUT2D eigenvalue weighted by Gasteiger charge is 2.39. The second-order valence-corrected chi connectivity index (χ2v) is 28.6. The maximum atomic E-state index is 16.1. The van der Waals surface area contributed by atoms with Gasteiger partial charge in [0.25, 0.3) is 5.91 Å². The Morgan fingerprint density at radius 1 is 0.761 bits per heavy atom. The number of nitrogens with zero attached hydrogens (tertiary/aromatic N) is 6. The molecule has 0 fully saturated rings. The van der Waals surface area contributed by atoms with E-state index in [0.29, 0.717) is 34.4 Å². The van der Waals surface area contributed by atoms with E-state index in [2.05, 4.69) is 15.6 Å². The van der Waals surface area contributed by atoms with Crippen molar-refractivity contribution in [1.29, 1.82) is 0 Å². The summed E-state index contributed by atoms with van der Waals surface area (Å²) < 4.78 is 79.4. The van der Waals surface area contributed by atoms with E-state index in [1.165, 1.54) is 46.4 Å². The number of rotatable bonds is 21. The van der Waals surface area contributed by atoms with Crippen LogP contribution >= 0.6 is 0 Å². The Bertz CT molecular complexity index is 3020. The Hall–Kier alpha value is -6.81. The van der Waals surface area contributed by atoms with Crippen molar-refractivity contribution in [2.45, 2.75) is 81.4 Å². The molecule has 6 aromatic rings. The molecule has 2 amide bonds. The van der Waals surface area contributed by atoms with Crippen LogP contribution in [0.15, 0.2) is 113 Å². The first-order valence-corrected chi connectivity index (χ1v) is 29.5. The fraction of sp³-hybridized carbons (Fsp3) is 0.340. The molecule has 21 heteroatoms. The van der Waals surface area contributed by atoms with Crippen molar-refractivity contribution < 1.29 is 45.7 Å². The minimum absolute atomic E-state index is 0.000850. The number of benzene rings is 5. The molecule has 0 radical (unpaired) electrons. The number of nitrogens with two attached hydrogens (primary N) is 1. The monoisotopic (exact) mass is 1030 g/mol. The van der Waals surface area contributed by atoms with Gasteiger partial charge in [0.2, 0.25) is 15.8 Å². The number of ether oxygens (including phenoxy) is 3. The summed E-state index contributed by atoms with van der Waals surface area (Å²) in [6.07, 6.45) is -1.15. The van der Waals surface area contributed by atoms with E-state index in [9.17, 15) is 23.1 Å². The Kier molecular flexibility index (Phi) is 16.7. The Balaban J connectivity index is 1.62. The molecule has 71 heavy (non-hydrogen) atoms. The van der Waals surface area contributed by atoms with Crippen LogP contribution in [0.4, 0.5) is 10.5 Å². The van der Waals surface area contributed by atoms with E-state index in [1.54, 1.807) is 101 Å². The number of nitrogen functional groups attached to an aromatic ring is 1. The van der Waals surface area contributed by atoms with Crippen LogP contribution < -0.4 is 25.3 Å². The van der Waals surface area contributed by atoms with Crippen LogP contribution in [0, 0.1) is 0 Å². The van der Waals surface area contributed by atoms with Gasteiger partial charge in [0.05, 0.1) is 55.3 Å². The van der Waals surface area contributed by atoms with E-state index >= 15 is 8.42 Å². The molecule has 0 aliphatic heterocycles. The molecular formula is C50H62N8O10S2Si. The third kappa shape index (κ3) is 13.1. The highest BCUT2D eigenvalue weighted by Crippen LogP contribution is 2.44. The van der Waals surface area contributed by atoms with Gasteiger partial charge in [0.1, 0.15) is 22.1 Å². The smallest absolute Gasteiger partial charge is 0.407 e. The van der Waals surface area contributed by atoms with Crippen molar-refractivity contribution in [2.24, 2.45) is 0 Å². The minimum Gasteiger partial charge on any atom is -0.497 e. The second-order valence-electron chi connectivity index (χ2n) is 19.0. The zero-order chi connectivity index (χ0) is 51.9. The average Bonchev–Trinajstić information content (AvgIpc) is 3.79. The summed E-state index contributed by atoms with van der Waals surface area (Å²) in [6, 6.07) is 28.6. The van der Waals surface area contributed by atoms with Crippen LogP contribution in [0.5, 0.6) is 17.2 Å². The highest BCUT2D eigenvalue weighted by molar-refractivity contribution is 7.93. The lowest BCUT2D eigenvalue weighted by Crippen LogP contribution is -2.48. The Morgan fingerprint density at radius 3 is 1.79 bits per heavy atom. The lowest BCUT2D eigenvalue weighted by atomic mass is 9.95. The van der Waals surface area contributed by atoms with Crippen molar-refractivity contribution in [2.75, 3.05) is 45.9 Å². The molecule has 0 aliphatic rings. The first kappa shape index (κ1) is 53.5. The first-order valence-electron chi connectivity index (χ1n) is 22.7. The van der Waals surface area contributed by atoms with Crippen LogP contribution in [0.2, 0.25) is 25.7 Å². The molecule has 6 rings (SSSR count). The summed E-state index contributed by atoms with van der Waals surface area (Å²) in [7, 11) is -6.77. The number of nitrogens with one attached hydrogen (secondary N) is 1. The van der Waals surface area contributed by atoms with Crippen LogP contribution in [0.25, 0.3) is 22.5 Å². The fourth-order valence-corrected chi connectivity index (χ4v) is 14.5. The lowest BCUT2D eigenvalue weighted by molar-refractivity contribution is 0.0892. The first-order chi connectivity index (χ1) is 33.4. The predicted molar refractivity (Wildman–Crippen MR) is 275 cm³/mol. The number of carbonyl (C=O) groups excluding carboxylic acids is 1. The van der Waals surface area contributed by atoms with Gasteiger partial charge in [-0.05, 0) is 103 Å². The van der Waals surface area contributed by atoms with E-state index in [4.69, 9.17) is 25.0 Å². The standard InChI is InChI=1S/C50H62N8O10S2Si/c1-50(2,3)57(49(60)61)28-27-52-48(59)42-12-10-11-41(45(42)51)40-25-26-43(69(62,63)29-30-71(7,8)9)46(44(40)47-53-55-58(54-47)33-36-17-23-39(68-6)24-18-36)70(64,65)56(31-34-13-19-37(66-4)20-14-34)32-35-15-21-38(67-5)22-16-35/h10-26H,27-33,51H2,1-9H3,(H,52,59)(H,60,61). The van der Waals surface area contributed by atoms with Gasteiger partial charge in [-0.3, -0.25) is 4.79 Å². The largest absolute Gasteiger partial charge is 0.497 e. The SMILES string of the molecule is COc1ccc(CN(Cc2ccc(OC)cc2)S(=O)(=O)c2c(S(=O)(=O)CC[Si](C)(C)C)ccc(-c3cccc(C(=O)NCCN(C(=O)O)C(C)(C)C)c3N)c2-c2nnn(Cc3ccc(OC)cc3)n2)cc1. The molecule has 4 N–H and O–H groups in total. The van der Waals surface area contributed by atoms with E-state index in [1.807, 2.05) is 31.8 Å². The fourth-order valence-electron chi connectivity index (χ4n) is 7.68. The Morgan fingerprint density at radius 2 is 1.30 bits per heavy atom. The molecule has 0 aliphatic carbocycles. The number of hydrogen-bond donors (Lipinski definition) is 3. The molecule has 5 aromatic carbocycles. The predicted octanol–water partition coefficient (Wildman–Crippen LogP) is 7.67. The molecular weight excluding hydrogens is 965 g/mol. The molecule has 0 spiro atoms. The third-order valence-corrected chi connectivity index (χ3v) is 17.5. The molecule has 0 atom stereocenters. The maximum absolute atomic E-state index is 16.1. The Labute approximate surface area is 416 Å². The third-order valence-electron chi connectivity index (χ3n) is 11.7. The molecule has 1 aromatic heterocycles. The van der Waals surface area contributed by atoms with E-state index in [-0.39, 0.29) is 72.2 Å². The normalized spacial score (nSPS) is 12.1. The number of amides is 2. The zero-order valence-electron chi connectivity index (χ0n) is 41.5. The number of hydrogen-bond acceptors (Lipinski definition) is 13. The summed E-state index contributed by atoms with van der Waals surface area (Å²) in [4.78, 5) is 27.3. The average molecular weight is 1030 g/mol. The number of methoxy groups -OCH3 is 3. The van der Waals surface area contributed by atoms with Gasteiger partial charge >= 0.3 is 6.09 Å². The summed E-state index contributed by atoms with van der Waals surface area (Å²) in [5.41, 5.74) is 8.04. The number of carbonyl (C=O) groups is 2. The number of sulfone groups is 1. The zero-order valence-corrected chi connectivity index (χ0v) is 44.1. The molecule has 0 bridgehead atoms. The van der Waals surface area contributed by atoms with Crippen LogP contribution in [-0.2, 0) is 39.5 Å².